The molecule has 0 aliphatic carbocycles. The molecule has 2 rings (SSSR count). The summed E-state index contributed by atoms with van der Waals surface area (Å²) in [5.41, 5.74) is 8.43. The highest BCUT2D eigenvalue weighted by atomic mass is 16.5. The van der Waals surface area contributed by atoms with Crippen LogP contribution in [0.3, 0.4) is 0 Å². The number of nitrogens with two attached hydrogens (primary N) is 1. The minimum atomic E-state index is -0.0774. The van der Waals surface area contributed by atoms with Crippen LogP contribution in [0.2, 0.25) is 0 Å². The number of methoxy groups -OCH3 is 2. The summed E-state index contributed by atoms with van der Waals surface area (Å²) >= 11 is 0. The molecule has 0 heterocycles. The molecule has 0 spiro atoms. The maximum absolute atomic E-state index is 6.26. The van der Waals surface area contributed by atoms with Crippen LogP contribution in [0.1, 0.15) is 17.2 Å². The Morgan fingerprint density at radius 2 is 1.79 bits per heavy atom. The van der Waals surface area contributed by atoms with E-state index in [9.17, 15) is 0 Å². The summed E-state index contributed by atoms with van der Waals surface area (Å²) in [5, 5.41) is 0. The number of hydrogen-bond donors (Lipinski definition) is 1. The molecule has 0 aliphatic heterocycles. The van der Waals surface area contributed by atoms with Crippen LogP contribution >= 0.6 is 0 Å². The van der Waals surface area contributed by atoms with Gasteiger partial charge in [0.15, 0.2) is 0 Å². The predicted molar refractivity (Wildman–Crippen MR) is 76.6 cm³/mol. The van der Waals surface area contributed by atoms with Gasteiger partial charge >= 0.3 is 0 Å². The number of para-hydroxylation sites is 1. The van der Waals surface area contributed by atoms with Crippen molar-refractivity contribution in [3.63, 3.8) is 0 Å². The van der Waals surface area contributed by atoms with Crippen molar-refractivity contribution in [1.29, 1.82) is 0 Å². The van der Waals surface area contributed by atoms with E-state index >= 15 is 0 Å². The zero-order valence-electron chi connectivity index (χ0n) is 11.3. The van der Waals surface area contributed by atoms with Crippen LogP contribution in [-0.4, -0.2) is 14.2 Å². The Labute approximate surface area is 114 Å². The average molecular weight is 257 g/mol. The van der Waals surface area contributed by atoms with E-state index in [0.717, 1.165) is 29.0 Å². The second-order valence-electron chi connectivity index (χ2n) is 4.40. The largest absolute Gasteiger partial charge is 0.497 e. The van der Waals surface area contributed by atoms with E-state index in [1.807, 2.05) is 48.5 Å². The zero-order chi connectivity index (χ0) is 13.7. The van der Waals surface area contributed by atoms with Gasteiger partial charge in [0.05, 0.1) is 14.2 Å². The highest BCUT2D eigenvalue weighted by Gasteiger charge is 2.11. The molecule has 3 nitrogen and oxygen atoms in total. The molecule has 2 N–H and O–H groups in total. The zero-order valence-corrected chi connectivity index (χ0v) is 11.3. The van der Waals surface area contributed by atoms with Gasteiger partial charge in [-0.2, -0.15) is 0 Å². The van der Waals surface area contributed by atoms with Crippen LogP contribution in [0.4, 0.5) is 0 Å². The lowest BCUT2D eigenvalue weighted by molar-refractivity contribution is 0.407. The Bertz CT molecular complexity index is 540. The third-order valence-corrected chi connectivity index (χ3v) is 3.15. The van der Waals surface area contributed by atoms with E-state index in [1.165, 1.54) is 0 Å². The molecule has 0 aliphatic rings. The van der Waals surface area contributed by atoms with Crippen molar-refractivity contribution in [2.24, 2.45) is 5.73 Å². The maximum Gasteiger partial charge on any atom is 0.122 e. The first kappa shape index (κ1) is 13.4. The Kier molecular flexibility index (Phi) is 4.42. The van der Waals surface area contributed by atoms with Gasteiger partial charge in [-0.25, -0.2) is 0 Å². The molecule has 0 saturated heterocycles. The molecule has 0 radical (unpaired) electrons. The molecule has 0 aromatic heterocycles. The highest BCUT2D eigenvalue weighted by molar-refractivity contribution is 5.36. The van der Waals surface area contributed by atoms with E-state index in [0.29, 0.717) is 0 Å². The standard InChI is InChI=1S/C16H19NO2/c1-18-14-8-5-7-12(10-14)15(17)11-13-6-3-4-9-16(13)19-2/h3-10,15H,11,17H2,1-2H3. The summed E-state index contributed by atoms with van der Waals surface area (Å²) < 4.78 is 10.6. The van der Waals surface area contributed by atoms with Crippen molar-refractivity contribution < 1.29 is 9.47 Å². The Hall–Kier alpha value is -2.00. The quantitative estimate of drug-likeness (QED) is 0.895. The minimum absolute atomic E-state index is 0.0774. The Morgan fingerprint density at radius 3 is 2.53 bits per heavy atom. The molecule has 1 unspecified atom stereocenters. The molecule has 1 atom stereocenters. The van der Waals surface area contributed by atoms with Crippen LogP contribution in [-0.2, 0) is 6.42 Å². The fraction of sp³-hybridized carbons (Fsp3) is 0.250. The number of hydrogen-bond acceptors (Lipinski definition) is 3. The van der Waals surface area contributed by atoms with Gasteiger partial charge in [0.2, 0.25) is 0 Å². The van der Waals surface area contributed by atoms with Gasteiger partial charge in [-0.05, 0) is 35.7 Å². The molecule has 0 fully saturated rings. The summed E-state index contributed by atoms with van der Waals surface area (Å²) in [5.74, 6) is 1.70. The summed E-state index contributed by atoms with van der Waals surface area (Å²) in [7, 11) is 3.33. The maximum atomic E-state index is 6.26. The number of rotatable bonds is 5. The summed E-state index contributed by atoms with van der Waals surface area (Å²) in [6, 6.07) is 15.7. The molecule has 0 bridgehead atoms. The molecule has 100 valence electrons. The van der Waals surface area contributed by atoms with E-state index < -0.39 is 0 Å². The van der Waals surface area contributed by atoms with Crippen molar-refractivity contribution in [1.82, 2.24) is 0 Å². The second-order valence-corrected chi connectivity index (χ2v) is 4.40. The van der Waals surface area contributed by atoms with Gasteiger partial charge in [0, 0.05) is 6.04 Å². The van der Waals surface area contributed by atoms with Gasteiger partial charge in [-0.3, -0.25) is 0 Å². The van der Waals surface area contributed by atoms with Gasteiger partial charge in [-0.15, -0.1) is 0 Å². The fourth-order valence-corrected chi connectivity index (χ4v) is 2.10. The lowest BCUT2D eigenvalue weighted by Gasteiger charge is -2.15. The van der Waals surface area contributed by atoms with E-state index in [4.69, 9.17) is 15.2 Å². The summed E-state index contributed by atoms with van der Waals surface area (Å²) in [6.45, 7) is 0. The lowest BCUT2D eigenvalue weighted by atomic mass is 9.99. The molecule has 2 aromatic carbocycles. The van der Waals surface area contributed by atoms with Gasteiger partial charge < -0.3 is 15.2 Å². The summed E-state index contributed by atoms with van der Waals surface area (Å²) in [6.07, 6.45) is 0.733. The van der Waals surface area contributed by atoms with Crippen molar-refractivity contribution in [2.45, 2.75) is 12.5 Å². The third-order valence-electron chi connectivity index (χ3n) is 3.15. The van der Waals surface area contributed by atoms with E-state index in [1.54, 1.807) is 14.2 Å². The molecular weight excluding hydrogens is 238 g/mol. The van der Waals surface area contributed by atoms with Gasteiger partial charge in [0.1, 0.15) is 11.5 Å². The number of benzene rings is 2. The third kappa shape index (κ3) is 3.26. The van der Waals surface area contributed by atoms with Gasteiger partial charge in [-0.1, -0.05) is 30.3 Å². The first-order valence-electron chi connectivity index (χ1n) is 6.26. The predicted octanol–water partition coefficient (Wildman–Crippen LogP) is 2.95. The molecule has 2 aromatic rings. The van der Waals surface area contributed by atoms with Crippen LogP contribution in [0.25, 0.3) is 0 Å². The average Bonchev–Trinajstić information content (AvgIpc) is 2.47. The van der Waals surface area contributed by atoms with E-state index in [-0.39, 0.29) is 6.04 Å². The normalized spacial score (nSPS) is 11.9. The first-order chi connectivity index (χ1) is 9.24. The Balaban J connectivity index is 2.18. The molecular formula is C16H19NO2. The molecule has 19 heavy (non-hydrogen) atoms. The second kappa shape index (κ2) is 6.25. The van der Waals surface area contributed by atoms with Crippen molar-refractivity contribution in [3.05, 3.63) is 59.7 Å². The SMILES string of the molecule is COc1cccc(C(N)Cc2ccccc2OC)c1. The van der Waals surface area contributed by atoms with Crippen LogP contribution in [0, 0.1) is 0 Å². The van der Waals surface area contributed by atoms with Gasteiger partial charge in [0.25, 0.3) is 0 Å². The van der Waals surface area contributed by atoms with Crippen LogP contribution in [0.5, 0.6) is 11.5 Å². The minimum Gasteiger partial charge on any atom is -0.497 e. The monoisotopic (exact) mass is 257 g/mol. The molecule has 0 amide bonds. The van der Waals surface area contributed by atoms with E-state index in [2.05, 4.69) is 0 Å². The van der Waals surface area contributed by atoms with Crippen molar-refractivity contribution >= 4 is 0 Å². The topological polar surface area (TPSA) is 44.5 Å². The highest BCUT2D eigenvalue weighted by Crippen LogP contribution is 2.25. The van der Waals surface area contributed by atoms with Crippen molar-refractivity contribution in [2.75, 3.05) is 14.2 Å². The molecule has 3 heteroatoms. The van der Waals surface area contributed by atoms with Crippen molar-refractivity contribution in [3.8, 4) is 11.5 Å². The van der Waals surface area contributed by atoms with Crippen LogP contribution in [0.15, 0.2) is 48.5 Å². The smallest absolute Gasteiger partial charge is 0.122 e. The number of ether oxygens (including phenoxy) is 2. The van der Waals surface area contributed by atoms with Crippen LogP contribution < -0.4 is 15.2 Å². The summed E-state index contributed by atoms with van der Waals surface area (Å²) in [4.78, 5) is 0. The fourth-order valence-electron chi connectivity index (χ4n) is 2.10. The first-order valence-corrected chi connectivity index (χ1v) is 6.26. The lowest BCUT2D eigenvalue weighted by Crippen LogP contribution is -2.13. The molecule has 0 saturated carbocycles. The Morgan fingerprint density at radius 1 is 1.00 bits per heavy atom.